The molecule has 0 rings (SSSR count). The Kier molecular flexibility index (Phi) is 5.32. The number of aliphatic carboxylic acids is 1. The van der Waals surface area contributed by atoms with E-state index in [2.05, 4.69) is 0 Å². The van der Waals surface area contributed by atoms with Crippen molar-refractivity contribution in [3.63, 3.8) is 0 Å². The third-order valence-corrected chi connectivity index (χ3v) is 1.78. The van der Waals surface area contributed by atoms with E-state index in [4.69, 9.17) is 16.6 Å². The molecular formula is C8H15N3O4. The predicted octanol–water partition coefficient (Wildman–Crippen LogP) is -1.88. The van der Waals surface area contributed by atoms with E-state index in [0.717, 1.165) is 0 Å². The van der Waals surface area contributed by atoms with Crippen LogP contribution in [0.5, 0.6) is 0 Å². The molecule has 2 amide bonds. The number of carbonyl (C=O) groups excluding carboxylic acids is 2. The molecule has 0 bridgehead atoms. The normalized spacial score (nSPS) is 11.9. The number of hydrogen-bond donors (Lipinski definition) is 3. The van der Waals surface area contributed by atoms with E-state index in [1.54, 1.807) is 0 Å². The number of nitrogens with zero attached hydrogens (tertiary/aromatic N) is 1. The lowest BCUT2D eigenvalue weighted by atomic mass is 10.2. The fraction of sp³-hybridized carbons (Fsp3) is 0.625. The first-order valence-electron chi connectivity index (χ1n) is 4.35. The third kappa shape index (κ3) is 5.63. The van der Waals surface area contributed by atoms with Crippen LogP contribution in [-0.2, 0) is 14.4 Å². The molecule has 7 nitrogen and oxygen atoms in total. The second-order valence-electron chi connectivity index (χ2n) is 3.18. The summed E-state index contributed by atoms with van der Waals surface area (Å²) in [6.45, 7) is 0.0562. The predicted molar refractivity (Wildman–Crippen MR) is 51.7 cm³/mol. The zero-order chi connectivity index (χ0) is 12.0. The quantitative estimate of drug-likeness (QED) is 0.480. The number of rotatable bonds is 6. The Balaban J connectivity index is 4.07. The van der Waals surface area contributed by atoms with Gasteiger partial charge in [-0.2, -0.15) is 0 Å². The number of likely N-dealkylation sites (N-methyl/N-ethyl adjacent to an activating group) is 1. The maximum Gasteiger partial charge on any atom is 0.305 e. The maximum absolute atomic E-state index is 11.4. The number of carboxylic acid groups (broad SMARTS) is 1. The van der Waals surface area contributed by atoms with Crippen LogP contribution in [-0.4, -0.2) is 47.4 Å². The molecule has 1 unspecified atom stereocenters. The second kappa shape index (κ2) is 5.97. The van der Waals surface area contributed by atoms with Gasteiger partial charge in [0.05, 0.1) is 18.9 Å². The monoisotopic (exact) mass is 217 g/mol. The maximum atomic E-state index is 11.4. The first kappa shape index (κ1) is 13.4. The zero-order valence-electron chi connectivity index (χ0n) is 8.47. The molecule has 0 fully saturated rings. The van der Waals surface area contributed by atoms with Crippen LogP contribution in [0.15, 0.2) is 0 Å². The summed E-state index contributed by atoms with van der Waals surface area (Å²) < 4.78 is 0. The highest BCUT2D eigenvalue weighted by molar-refractivity contribution is 5.87. The van der Waals surface area contributed by atoms with Gasteiger partial charge in [-0.05, 0) is 0 Å². The van der Waals surface area contributed by atoms with Crippen LogP contribution in [0.1, 0.15) is 12.8 Å². The largest absolute Gasteiger partial charge is 0.481 e. The lowest BCUT2D eigenvalue weighted by Crippen LogP contribution is -2.44. The fourth-order valence-electron chi connectivity index (χ4n) is 0.961. The first-order chi connectivity index (χ1) is 6.84. The number of carboxylic acids is 1. The van der Waals surface area contributed by atoms with Gasteiger partial charge in [0.15, 0.2) is 0 Å². The van der Waals surface area contributed by atoms with Crippen LogP contribution in [0, 0.1) is 0 Å². The van der Waals surface area contributed by atoms with Crippen molar-refractivity contribution in [1.29, 1.82) is 0 Å². The molecule has 0 aromatic heterocycles. The fourth-order valence-corrected chi connectivity index (χ4v) is 0.961. The van der Waals surface area contributed by atoms with E-state index in [1.807, 2.05) is 0 Å². The first-order valence-corrected chi connectivity index (χ1v) is 4.35. The van der Waals surface area contributed by atoms with E-state index in [9.17, 15) is 14.4 Å². The average Bonchev–Trinajstić information content (AvgIpc) is 2.11. The Labute approximate surface area is 87.0 Å². The SMILES string of the molecule is CN(CCC(=O)O)C(=O)C(N)CC(N)=O. The summed E-state index contributed by atoms with van der Waals surface area (Å²) in [6, 6.07) is -0.999. The molecule has 0 saturated heterocycles. The third-order valence-electron chi connectivity index (χ3n) is 1.78. The summed E-state index contributed by atoms with van der Waals surface area (Å²) in [4.78, 5) is 33.3. The van der Waals surface area contributed by atoms with Gasteiger partial charge in [0.2, 0.25) is 11.8 Å². The van der Waals surface area contributed by atoms with Crippen molar-refractivity contribution in [3.05, 3.63) is 0 Å². The van der Waals surface area contributed by atoms with Gasteiger partial charge in [-0.25, -0.2) is 0 Å². The summed E-state index contributed by atoms with van der Waals surface area (Å²) in [6.07, 6.45) is -0.401. The lowest BCUT2D eigenvalue weighted by Gasteiger charge is -2.19. The molecular weight excluding hydrogens is 202 g/mol. The van der Waals surface area contributed by atoms with Crippen LogP contribution in [0.2, 0.25) is 0 Å². The molecule has 0 saturated carbocycles. The van der Waals surface area contributed by atoms with Crippen molar-refractivity contribution in [2.24, 2.45) is 11.5 Å². The van der Waals surface area contributed by atoms with Crippen LogP contribution in [0.3, 0.4) is 0 Å². The summed E-state index contributed by atoms with van der Waals surface area (Å²) in [7, 11) is 1.42. The van der Waals surface area contributed by atoms with Gasteiger partial charge in [-0.3, -0.25) is 14.4 Å². The molecule has 0 heterocycles. The van der Waals surface area contributed by atoms with Crippen molar-refractivity contribution in [1.82, 2.24) is 4.90 Å². The highest BCUT2D eigenvalue weighted by Gasteiger charge is 2.20. The standard InChI is InChI=1S/C8H15N3O4/c1-11(3-2-7(13)14)8(15)5(9)4-6(10)12/h5H,2-4,9H2,1H3,(H2,10,12)(H,13,14). The van der Waals surface area contributed by atoms with Crippen LogP contribution >= 0.6 is 0 Å². The lowest BCUT2D eigenvalue weighted by molar-refractivity contribution is -0.139. The molecule has 15 heavy (non-hydrogen) atoms. The van der Waals surface area contributed by atoms with E-state index in [-0.39, 0.29) is 19.4 Å². The molecule has 0 radical (unpaired) electrons. The zero-order valence-corrected chi connectivity index (χ0v) is 8.47. The average molecular weight is 217 g/mol. The topological polar surface area (TPSA) is 127 Å². The van der Waals surface area contributed by atoms with Gasteiger partial charge < -0.3 is 21.5 Å². The number of carbonyl (C=O) groups is 3. The van der Waals surface area contributed by atoms with Crippen molar-refractivity contribution < 1.29 is 19.5 Å². The molecule has 0 aliphatic rings. The number of hydrogen-bond acceptors (Lipinski definition) is 4. The minimum absolute atomic E-state index is 0.0562. The molecule has 0 spiro atoms. The molecule has 0 aromatic carbocycles. The Morgan fingerprint density at radius 2 is 1.93 bits per heavy atom. The number of amides is 2. The van der Waals surface area contributed by atoms with Crippen molar-refractivity contribution in [3.8, 4) is 0 Å². The Hall–Kier alpha value is -1.63. The highest BCUT2D eigenvalue weighted by atomic mass is 16.4. The molecule has 0 aliphatic heterocycles. The number of nitrogens with two attached hydrogens (primary N) is 2. The van der Waals surface area contributed by atoms with Crippen LogP contribution in [0.25, 0.3) is 0 Å². The van der Waals surface area contributed by atoms with E-state index in [1.165, 1.54) is 11.9 Å². The molecule has 0 aromatic rings. The molecule has 0 aliphatic carbocycles. The van der Waals surface area contributed by atoms with E-state index < -0.39 is 23.8 Å². The van der Waals surface area contributed by atoms with Gasteiger partial charge in [-0.1, -0.05) is 0 Å². The summed E-state index contributed by atoms with van der Waals surface area (Å²) >= 11 is 0. The Morgan fingerprint density at radius 1 is 1.40 bits per heavy atom. The molecule has 5 N–H and O–H groups in total. The molecule has 86 valence electrons. The smallest absolute Gasteiger partial charge is 0.305 e. The van der Waals surface area contributed by atoms with Gasteiger partial charge in [0.25, 0.3) is 0 Å². The summed E-state index contributed by atoms with van der Waals surface area (Å²) in [5.74, 6) is -2.16. The van der Waals surface area contributed by atoms with Gasteiger partial charge in [-0.15, -0.1) is 0 Å². The van der Waals surface area contributed by atoms with Crippen molar-refractivity contribution in [2.75, 3.05) is 13.6 Å². The highest BCUT2D eigenvalue weighted by Crippen LogP contribution is 1.96. The Bertz CT molecular complexity index is 267. The number of primary amides is 1. The minimum Gasteiger partial charge on any atom is -0.481 e. The Morgan fingerprint density at radius 3 is 2.33 bits per heavy atom. The van der Waals surface area contributed by atoms with Gasteiger partial charge in [0.1, 0.15) is 0 Å². The van der Waals surface area contributed by atoms with Crippen LogP contribution in [0.4, 0.5) is 0 Å². The minimum atomic E-state index is -1.00. The summed E-state index contributed by atoms with van der Waals surface area (Å²) in [5, 5.41) is 8.38. The molecule has 1 atom stereocenters. The van der Waals surface area contributed by atoms with Crippen LogP contribution < -0.4 is 11.5 Å². The van der Waals surface area contributed by atoms with E-state index >= 15 is 0 Å². The van der Waals surface area contributed by atoms with Crippen molar-refractivity contribution >= 4 is 17.8 Å². The van der Waals surface area contributed by atoms with E-state index in [0.29, 0.717) is 0 Å². The van der Waals surface area contributed by atoms with Crippen molar-refractivity contribution in [2.45, 2.75) is 18.9 Å². The van der Waals surface area contributed by atoms with Gasteiger partial charge >= 0.3 is 5.97 Å². The second-order valence-corrected chi connectivity index (χ2v) is 3.18. The van der Waals surface area contributed by atoms with Gasteiger partial charge in [0, 0.05) is 13.6 Å². The molecule has 7 heteroatoms. The summed E-state index contributed by atoms with van der Waals surface area (Å²) in [5.41, 5.74) is 10.3.